The van der Waals surface area contributed by atoms with Gasteiger partial charge in [0.05, 0.1) is 23.4 Å². The minimum atomic E-state index is -0.301. The van der Waals surface area contributed by atoms with Crippen molar-refractivity contribution in [1.29, 1.82) is 5.26 Å². The van der Waals surface area contributed by atoms with Crippen LogP contribution in [0.15, 0.2) is 83.8 Å². The molecule has 134 valence electrons. The molecule has 0 saturated heterocycles. The van der Waals surface area contributed by atoms with Gasteiger partial charge in [0.2, 0.25) is 0 Å². The summed E-state index contributed by atoms with van der Waals surface area (Å²) in [6.45, 7) is 0. The summed E-state index contributed by atoms with van der Waals surface area (Å²) in [5.41, 5.74) is 2.49. The van der Waals surface area contributed by atoms with E-state index in [2.05, 4.69) is 11.4 Å². The molecule has 0 unspecified atom stereocenters. The predicted molar refractivity (Wildman–Crippen MR) is 110 cm³/mol. The second-order valence-corrected chi connectivity index (χ2v) is 7.27. The van der Waals surface area contributed by atoms with Crippen molar-refractivity contribution in [3.05, 3.63) is 101 Å². The summed E-state index contributed by atoms with van der Waals surface area (Å²) in [7, 11) is 0. The number of halogens is 1. The topological polar surface area (TPSA) is 52.9 Å². The molecule has 1 amide bonds. The third-order valence-corrected chi connectivity index (χ3v) is 5.23. The number of nitrogens with one attached hydrogen (secondary N) is 1. The lowest BCUT2D eigenvalue weighted by molar-refractivity contribution is 0.0940. The van der Waals surface area contributed by atoms with E-state index in [9.17, 15) is 4.79 Å². The van der Waals surface area contributed by atoms with Crippen LogP contribution >= 0.6 is 23.4 Å². The first-order valence-electron chi connectivity index (χ1n) is 8.39. The molecule has 0 aliphatic carbocycles. The Morgan fingerprint density at radius 1 is 0.963 bits per heavy atom. The van der Waals surface area contributed by atoms with E-state index in [1.54, 1.807) is 6.07 Å². The molecule has 1 atom stereocenters. The van der Waals surface area contributed by atoms with Crippen LogP contribution in [0.3, 0.4) is 0 Å². The smallest absolute Gasteiger partial charge is 0.253 e. The summed E-state index contributed by atoms with van der Waals surface area (Å²) in [5.74, 6) is 0.115. The highest BCUT2D eigenvalue weighted by Gasteiger charge is 2.19. The lowest BCUT2D eigenvalue weighted by Crippen LogP contribution is -2.29. The lowest BCUT2D eigenvalue weighted by atomic mass is 9.98. The number of nitrogens with zero attached hydrogens (tertiary/aromatic N) is 1. The number of benzene rings is 3. The molecule has 0 aliphatic heterocycles. The van der Waals surface area contributed by atoms with E-state index in [1.165, 1.54) is 11.8 Å². The summed E-state index contributed by atoms with van der Waals surface area (Å²) in [6, 6.07) is 26.4. The monoisotopic (exact) mass is 392 g/mol. The molecule has 0 fully saturated rings. The van der Waals surface area contributed by atoms with Crippen molar-refractivity contribution in [2.24, 2.45) is 0 Å². The van der Waals surface area contributed by atoms with Gasteiger partial charge in [-0.1, -0.05) is 66.2 Å². The summed E-state index contributed by atoms with van der Waals surface area (Å²) in [4.78, 5) is 13.8. The van der Waals surface area contributed by atoms with Gasteiger partial charge < -0.3 is 5.32 Å². The van der Waals surface area contributed by atoms with E-state index >= 15 is 0 Å². The van der Waals surface area contributed by atoms with E-state index in [0.717, 1.165) is 16.0 Å². The van der Waals surface area contributed by atoms with Crippen LogP contribution in [0.5, 0.6) is 0 Å². The number of hydrogen-bond donors (Lipinski definition) is 1. The third kappa shape index (κ3) is 4.91. The molecule has 5 heteroatoms. The molecule has 0 aromatic heterocycles. The molecule has 3 nitrogen and oxygen atoms in total. The normalized spacial score (nSPS) is 11.4. The van der Waals surface area contributed by atoms with Gasteiger partial charge in [0.25, 0.3) is 5.91 Å². The van der Waals surface area contributed by atoms with Crippen LogP contribution in [0.25, 0.3) is 0 Å². The lowest BCUT2D eigenvalue weighted by Gasteiger charge is -2.21. The van der Waals surface area contributed by atoms with E-state index in [0.29, 0.717) is 16.3 Å². The Balaban J connectivity index is 1.92. The molecule has 27 heavy (non-hydrogen) atoms. The third-order valence-electron chi connectivity index (χ3n) is 4.04. The average Bonchev–Trinajstić information content (AvgIpc) is 2.72. The second kappa shape index (κ2) is 9.27. The van der Waals surface area contributed by atoms with Gasteiger partial charge in [0, 0.05) is 9.92 Å². The maximum absolute atomic E-state index is 13.0. The quantitative estimate of drug-likeness (QED) is 0.565. The second-order valence-electron chi connectivity index (χ2n) is 5.81. The predicted octanol–water partition coefficient (Wildman–Crippen LogP) is 5.48. The molecule has 0 aliphatic rings. The van der Waals surface area contributed by atoms with Crippen molar-refractivity contribution in [2.45, 2.75) is 10.9 Å². The first-order valence-corrected chi connectivity index (χ1v) is 9.75. The fourth-order valence-electron chi connectivity index (χ4n) is 2.76. The maximum atomic E-state index is 13.0. The van der Waals surface area contributed by atoms with E-state index < -0.39 is 0 Å². The van der Waals surface area contributed by atoms with Gasteiger partial charge >= 0.3 is 0 Å². The number of thioether (sulfide) groups is 1. The molecule has 3 aromatic rings. The van der Waals surface area contributed by atoms with E-state index in [1.807, 2.05) is 72.8 Å². The molecule has 0 bridgehead atoms. The van der Waals surface area contributed by atoms with Gasteiger partial charge in [-0.3, -0.25) is 4.79 Å². The van der Waals surface area contributed by atoms with Gasteiger partial charge in [-0.15, -0.1) is 11.8 Å². The van der Waals surface area contributed by atoms with Crippen LogP contribution in [0.2, 0.25) is 5.02 Å². The molecular formula is C22H17ClN2OS. The Bertz CT molecular complexity index is 952. The summed E-state index contributed by atoms with van der Waals surface area (Å²) in [5, 5.41) is 12.6. The van der Waals surface area contributed by atoms with Crippen LogP contribution in [-0.4, -0.2) is 11.7 Å². The number of carbonyl (C=O) groups is 1. The maximum Gasteiger partial charge on any atom is 0.253 e. The van der Waals surface area contributed by atoms with Crippen LogP contribution < -0.4 is 5.32 Å². The highest BCUT2D eigenvalue weighted by Crippen LogP contribution is 2.26. The molecular weight excluding hydrogens is 376 g/mol. The minimum Gasteiger partial charge on any atom is -0.341 e. The van der Waals surface area contributed by atoms with Gasteiger partial charge in [-0.25, -0.2) is 0 Å². The van der Waals surface area contributed by atoms with Crippen molar-refractivity contribution in [3.8, 4) is 6.07 Å². The number of amides is 1. The Labute approximate surface area is 168 Å². The largest absolute Gasteiger partial charge is 0.341 e. The summed E-state index contributed by atoms with van der Waals surface area (Å²) < 4.78 is 0. The number of carbonyl (C=O) groups excluding carboxylic acids is 1. The molecule has 0 radical (unpaired) electrons. The van der Waals surface area contributed by atoms with Gasteiger partial charge in [-0.05, 0) is 35.4 Å². The molecule has 3 rings (SSSR count). The van der Waals surface area contributed by atoms with Gasteiger partial charge in [-0.2, -0.15) is 5.26 Å². The van der Waals surface area contributed by atoms with Crippen molar-refractivity contribution >= 4 is 29.3 Å². The molecule has 0 spiro atoms. The molecule has 0 saturated carbocycles. The minimum absolute atomic E-state index is 0.181. The highest BCUT2D eigenvalue weighted by atomic mass is 35.5. The molecule has 0 heterocycles. The first kappa shape index (κ1) is 19.0. The van der Waals surface area contributed by atoms with Crippen molar-refractivity contribution in [1.82, 2.24) is 5.32 Å². The van der Waals surface area contributed by atoms with Crippen molar-refractivity contribution in [2.75, 3.05) is 5.75 Å². The van der Waals surface area contributed by atoms with Crippen molar-refractivity contribution in [3.63, 3.8) is 0 Å². The van der Waals surface area contributed by atoms with Crippen LogP contribution in [0.1, 0.15) is 27.5 Å². The van der Waals surface area contributed by atoms with Crippen molar-refractivity contribution < 1.29 is 4.79 Å². The summed E-state index contributed by atoms with van der Waals surface area (Å²) >= 11 is 7.37. The zero-order chi connectivity index (χ0) is 19.1. The number of rotatable bonds is 6. The van der Waals surface area contributed by atoms with Gasteiger partial charge in [0.15, 0.2) is 0 Å². The van der Waals surface area contributed by atoms with Crippen LogP contribution in [0, 0.1) is 11.3 Å². The standard InChI is InChI=1S/C22H17ClN2OS/c23-18-12-10-17(11-13-18)21(16-6-2-1-3-7-16)25-22(26)19-8-4-5-9-20(19)27-15-14-24/h1-13,21H,15H2,(H,25,26)/t21-/m1/s1. The SMILES string of the molecule is N#CCSc1ccccc1C(=O)N[C@H](c1ccccc1)c1ccc(Cl)cc1. The average molecular weight is 393 g/mol. The number of nitriles is 1. The zero-order valence-electron chi connectivity index (χ0n) is 14.4. The summed E-state index contributed by atoms with van der Waals surface area (Å²) in [6.07, 6.45) is 0. The Hall–Kier alpha value is -2.74. The Morgan fingerprint density at radius 2 is 1.59 bits per heavy atom. The van der Waals surface area contributed by atoms with E-state index in [4.69, 9.17) is 16.9 Å². The first-order chi connectivity index (χ1) is 13.2. The number of hydrogen-bond acceptors (Lipinski definition) is 3. The van der Waals surface area contributed by atoms with E-state index in [-0.39, 0.29) is 11.9 Å². The fraction of sp³-hybridized carbons (Fsp3) is 0.0909. The zero-order valence-corrected chi connectivity index (χ0v) is 16.0. The van der Waals surface area contributed by atoms with Crippen LogP contribution in [-0.2, 0) is 0 Å². The fourth-order valence-corrected chi connectivity index (χ4v) is 3.60. The van der Waals surface area contributed by atoms with Crippen LogP contribution in [0.4, 0.5) is 0 Å². The molecule has 1 N–H and O–H groups in total. The Kier molecular flexibility index (Phi) is 6.54. The molecule has 3 aromatic carbocycles. The van der Waals surface area contributed by atoms with Gasteiger partial charge in [0.1, 0.15) is 0 Å². The Morgan fingerprint density at radius 3 is 2.30 bits per heavy atom. The highest BCUT2D eigenvalue weighted by molar-refractivity contribution is 7.99.